The van der Waals surface area contributed by atoms with Crippen molar-refractivity contribution in [1.29, 1.82) is 0 Å². The molecule has 7 nitrogen and oxygen atoms in total. The van der Waals surface area contributed by atoms with Gasteiger partial charge in [-0.3, -0.25) is 9.52 Å². The zero-order chi connectivity index (χ0) is 21.9. The van der Waals surface area contributed by atoms with E-state index in [2.05, 4.69) is 9.97 Å². The summed E-state index contributed by atoms with van der Waals surface area (Å²) in [5, 5.41) is -0.0684. The van der Waals surface area contributed by atoms with Crippen LogP contribution < -0.4 is 9.46 Å². The first-order valence-electron chi connectivity index (χ1n) is 8.37. The van der Waals surface area contributed by atoms with Crippen molar-refractivity contribution < 1.29 is 26.7 Å². The van der Waals surface area contributed by atoms with E-state index in [0.29, 0.717) is 0 Å². The van der Waals surface area contributed by atoms with Crippen molar-refractivity contribution in [2.45, 2.75) is 11.3 Å². The van der Waals surface area contributed by atoms with Crippen LogP contribution in [0, 0.1) is 11.6 Å². The van der Waals surface area contributed by atoms with Gasteiger partial charge in [-0.2, -0.15) is 0 Å². The van der Waals surface area contributed by atoms with Gasteiger partial charge in [-0.15, -0.1) is 0 Å². The highest BCUT2D eigenvalue weighted by atomic mass is 35.5. The lowest BCUT2D eigenvalue weighted by Crippen LogP contribution is -2.18. The SMILES string of the molecule is COc1cccc(F)c1S(=O)(=O)Nc1cccc(C(=O)Cc2ccnc(Cl)n2)c1F. The number of nitrogens with one attached hydrogen (secondary N) is 1. The van der Waals surface area contributed by atoms with Crippen LogP contribution in [-0.4, -0.2) is 31.3 Å². The number of ketones is 1. The van der Waals surface area contributed by atoms with E-state index < -0.39 is 38.0 Å². The predicted octanol–water partition coefficient (Wildman–Crippen LogP) is 3.64. The highest BCUT2D eigenvalue weighted by Crippen LogP contribution is 2.29. The van der Waals surface area contributed by atoms with Gasteiger partial charge < -0.3 is 4.74 Å². The van der Waals surface area contributed by atoms with Crippen molar-refractivity contribution in [3.63, 3.8) is 0 Å². The van der Waals surface area contributed by atoms with Gasteiger partial charge in [0, 0.05) is 6.20 Å². The fourth-order valence-corrected chi connectivity index (χ4v) is 4.12. The molecule has 0 saturated heterocycles. The van der Waals surface area contributed by atoms with Gasteiger partial charge in [0.15, 0.2) is 16.5 Å². The molecule has 1 aromatic heterocycles. The molecular weight excluding hydrogens is 440 g/mol. The molecule has 0 saturated carbocycles. The Morgan fingerprint density at radius 1 is 1.17 bits per heavy atom. The minimum atomic E-state index is -4.56. The Labute approximate surface area is 175 Å². The lowest BCUT2D eigenvalue weighted by molar-refractivity contribution is 0.0988. The second kappa shape index (κ2) is 8.72. The maximum Gasteiger partial charge on any atom is 0.268 e. The van der Waals surface area contributed by atoms with Crippen LogP contribution in [0.1, 0.15) is 16.1 Å². The number of rotatable bonds is 7. The molecule has 11 heteroatoms. The molecule has 0 aliphatic carbocycles. The Morgan fingerprint density at radius 3 is 2.60 bits per heavy atom. The maximum atomic E-state index is 14.9. The third-order valence-corrected chi connectivity index (χ3v) is 5.59. The Kier molecular flexibility index (Phi) is 6.28. The first-order chi connectivity index (χ1) is 14.2. The summed E-state index contributed by atoms with van der Waals surface area (Å²) in [5.41, 5.74) is -0.626. The van der Waals surface area contributed by atoms with Gasteiger partial charge in [0.25, 0.3) is 10.0 Å². The van der Waals surface area contributed by atoms with E-state index in [0.717, 1.165) is 12.1 Å². The molecular formula is C19H14ClF2N3O4S. The van der Waals surface area contributed by atoms with Crippen LogP contribution in [0.25, 0.3) is 0 Å². The van der Waals surface area contributed by atoms with Crippen LogP contribution in [0.5, 0.6) is 5.75 Å². The van der Waals surface area contributed by atoms with Crippen molar-refractivity contribution >= 4 is 33.1 Å². The van der Waals surface area contributed by atoms with Crippen LogP contribution in [0.2, 0.25) is 5.28 Å². The minimum Gasteiger partial charge on any atom is -0.495 e. The van der Waals surface area contributed by atoms with Gasteiger partial charge in [0.05, 0.1) is 30.5 Å². The zero-order valence-corrected chi connectivity index (χ0v) is 17.0. The number of nitrogens with zero attached hydrogens (tertiary/aromatic N) is 2. The molecule has 30 heavy (non-hydrogen) atoms. The molecule has 1 heterocycles. The number of methoxy groups -OCH3 is 1. The molecule has 0 atom stereocenters. The van der Waals surface area contributed by atoms with Gasteiger partial charge in [0.1, 0.15) is 11.6 Å². The van der Waals surface area contributed by atoms with E-state index in [1.54, 1.807) is 0 Å². The van der Waals surface area contributed by atoms with Crippen LogP contribution in [0.3, 0.4) is 0 Å². The average molecular weight is 454 g/mol. The molecule has 0 fully saturated rings. The van der Waals surface area contributed by atoms with E-state index in [1.807, 2.05) is 4.72 Å². The summed E-state index contributed by atoms with van der Waals surface area (Å²) in [7, 11) is -3.38. The second-order valence-electron chi connectivity index (χ2n) is 5.96. The standard InChI is InChI=1S/C19H14ClF2N3O4S/c1-29-16-7-3-5-13(21)18(16)30(27,28)25-14-6-2-4-12(17(14)22)15(26)10-11-8-9-23-19(20)24-11/h2-9,25H,10H2,1H3. The summed E-state index contributed by atoms with van der Waals surface area (Å²) in [4.78, 5) is 19.3. The number of benzene rings is 2. The van der Waals surface area contributed by atoms with Crippen molar-refractivity contribution in [1.82, 2.24) is 9.97 Å². The number of hydrogen-bond donors (Lipinski definition) is 1. The Morgan fingerprint density at radius 2 is 1.90 bits per heavy atom. The normalized spacial score (nSPS) is 11.2. The number of aromatic nitrogens is 2. The molecule has 0 unspecified atom stereocenters. The van der Waals surface area contributed by atoms with Crippen molar-refractivity contribution in [2.75, 3.05) is 11.8 Å². The Hall–Kier alpha value is -3.11. The van der Waals surface area contributed by atoms with Crippen molar-refractivity contribution in [2.24, 2.45) is 0 Å². The highest BCUT2D eigenvalue weighted by Gasteiger charge is 2.26. The van der Waals surface area contributed by atoms with Crippen LogP contribution >= 0.6 is 11.6 Å². The summed E-state index contributed by atoms with van der Waals surface area (Å²) in [5.74, 6) is -3.10. The molecule has 0 aliphatic rings. The molecule has 1 N–H and O–H groups in total. The number of hydrogen-bond acceptors (Lipinski definition) is 6. The predicted molar refractivity (Wildman–Crippen MR) is 105 cm³/mol. The Balaban J connectivity index is 1.93. The smallest absolute Gasteiger partial charge is 0.268 e. The quantitative estimate of drug-likeness (QED) is 0.433. The van der Waals surface area contributed by atoms with Gasteiger partial charge in [-0.05, 0) is 41.9 Å². The van der Waals surface area contributed by atoms with E-state index >= 15 is 0 Å². The Bertz CT molecular complexity index is 1220. The first kappa shape index (κ1) is 21.6. The monoisotopic (exact) mass is 453 g/mol. The van der Waals surface area contributed by atoms with Gasteiger partial charge >= 0.3 is 0 Å². The van der Waals surface area contributed by atoms with Crippen LogP contribution in [-0.2, 0) is 16.4 Å². The summed E-state index contributed by atoms with van der Waals surface area (Å²) in [6, 6.07) is 8.49. The molecule has 0 radical (unpaired) electrons. The third-order valence-electron chi connectivity index (χ3n) is 3.99. The summed E-state index contributed by atoms with van der Waals surface area (Å²) in [6.07, 6.45) is 1.07. The summed E-state index contributed by atoms with van der Waals surface area (Å²) >= 11 is 5.67. The van der Waals surface area contributed by atoms with Crippen LogP contribution in [0.15, 0.2) is 53.6 Å². The van der Waals surface area contributed by atoms with Crippen molar-refractivity contribution in [3.8, 4) is 5.75 Å². The maximum absolute atomic E-state index is 14.9. The van der Waals surface area contributed by atoms with Crippen LogP contribution in [0.4, 0.5) is 14.5 Å². The number of halogens is 3. The molecule has 156 valence electrons. The molecule has 3 rings (SSSR count). The molecule has 0 spiro atoms. The van der Waals surface area contributed by atoms with Gasteiger partial charge in [-0.25, -0.2) is 27.2 Å². The number of Topliss-reactive ketones (excluding diaryl/α,β-unsaturated/α-hetero) is 1. The van der Waals surface area contributed by atoms with E-state index in [1.165, 1.54) is 43.6 Å². The van der Waals surface area contributed by atoms with Gasteiger partial charge in [-0.1, -0.05) is 12.1 Å². The second-order valence-corrected chi connectivity index (χ2v) is 7.92. The molecule has 2 aromatic carbocycles. The summed E-state index contributed by atoms with van der Waals surface area (Å²) < 4.78 is 61.2. The fourth-order valence-electron chi connectivity index (χ4n) is 2.66. The molecule has 0 bridgehead atoms. The van der Waals surface area contributed by atoms with E-state index in [4.69, 9.17) is 16.3 Å². The lowest BCUT2D eigenvalue weighted by Gasteiger charge is -2.14. The van der Waals surface area contributed by atoms with E-state index in [-0.39, 0.29) is 28.7 Å². The highest BCUT2D eigenvalue weighted by molar-refractivity contribution is 7.92. The number of carbonyl (C=O) groups is 1. The number of carbonyl (C=O) groups excluding carboxylic acids is 1. The van der Waals surface area contributed by atoms with Gasteiger partial charge in [0.2, 0.25) is 5.28 Å². The third kappa shape index (κ3) is 4.55. The lowest BCUT2D eigenvalue weighted by atomic mass is 10.1. The summed E-state index contributed by atoms with van der Waals surface area (Å²) in [6.45, 7) is 0. The zero-order valence-electron chi connectivity index (χ0n) is 15.4. The topological polar surface area (TPSA) is 98.2 Å². The van der Waals surface area contributed by atoms with Crippen molar-refractivity contribution in [3.05, 3.63) is 76.8 Å². The molecule has 3 aromatic rings. The number of sulfonamides is 1. The minimum absolute atomic E-state index is 0.0684. The molecule has 0 aliphatic heterocycles. The number of anilines is 1. The largest absolute Gasteiger partial charge is 0.495 e. The first-order valence-corrected chi connectivity index (χ1v) is 10.2. The fraction of sp³-hybridized carbons (Fsp3) is 0.105. The molecule has 0 amide bonds. The van der Waals surface area contributed by atoms with E-state index in [9.17, 15) is 22.0 Å². The average Bonchev–Trinajstić information content (AvgIpc) is 2.69. The number of ether oxygens (including phenoxy) is 1.